The normalized spacial score (nSPS) is 17.4. The highest BCUT2D eigenvalue weighted by atomic mass is 19.1. The van der Waals surface area contributed by atoms with E-state index >= 15 is 0 Å². The second kappa shape index (κ2) is 10.9. The Bertz CT molecular complexity index is 813. The number of piperidine rings is 1. The zero-order chi connectivity index (χ0) is 21.3. The molecule has 7 heteroatoms. The van der Waals surface area contributed by atoms with E-state index in [0.29, 0.717) is 12.3 Å². The molecule has 0 spiro atoms. The summed E-state index contributed by atoms with van der Waals surface area (Å²) in [6, 6.07) is 8.15. The number of halogens is 1. The van der Waals surface area contributed by atoms with E-state index in [-0.39, 0.29) is 17.8 Å². The molecule has 2 heterocycles. The maximum Gasteiger partial charge on any atom is 0.220 e. The van der Waals surface area contributed by atoms with Gasteiger partial charge in [0.05, 0.1) is 6.04 Å². The first kappa shape index (κ1) is 22.0. The standard InChI is InChI=1S/C23H32FN5O/c1-3-12-25-21-14-22(27-16-26-21)29-13-4-5-18(15-29)6-11-23(30)28-17(2)19-7-9-20(24)10-8-19/h7-10,14,16-18H,3-6,11-13,15H2,1-2H3,(H,28,30)(H,25,26,27)/t17-,18+/m0/s1. The molecule has 1 aliphatic rings. The van der Waals surface area contributed by atoms with Gasteiger partial charge in [0.2, 0.25) is 5.91 Å². The molecule has 1 amide bonds. The molecule has 30 heavy (non-hydrogen) atoms. The van der Waals surface area contributed by atoms with Gasteiger partial charge >= 0.3 is 0 Å². The van der Waals surface area contributed by atoms with Crippen LogP contribution in [0.3, 0.4) is 0 Å². The summed E-state index contributed by atoms with van der Waals surface area (Å²) in [5.74, 6) is 2.04. The van der Waals surface area contributed by atoms with Crippen LogP contribution in [-0.2, 0) is 4.79 Å². The van der Waals surface area contributed by atoms with Gasteiger partial charge in [0.25, 0.3) is 0 Å². The number of hydrogen-bond donors (Lipinski definition) is 2. The number of nitrogens with one attached hydrogen (secondary N) is 2. The summed E-state index contributed by atoms with van der Waals surface area (Å²) in [7, 11) is 0. The molecule has 1 aromatic carbocycles. The highest BCUT2D eigenvalue weighted by molar-refractivity contribution is 5.76. The quantitative estimate of drug-likeness (QED) is 0.641. The Hall–Kier alpha value is -2.70. The molecule has 0 unspecified atom stereocenters. The lowest BCUT2D eigenvalue weighted by molar-refractivity contribution is -0.122. The smallest absolute Gasteiger partial charge is 0.220 e. The maximum atomic E-state index is 13.1. The van der Waals surface area contributed by atoms with Gasteiger partial charge in [-0.3, -0.25) is 4.79 Å². The second-order valence-corrected chi connectivity index (χ2v) is 8.02. The number of aromatic nitrogens is 2. The number of carbonyl (C=O) groups is 1. The van der Waals surface area contributed by atoms with Crippen molar-refractivity contribution in [3.8, 4) is 0 Å². The summed E-state index contributed by atoms with van der Waals surface area (Å²) >= 11 is 0. The van der Waals surface area contributed by atoms with Gasteiger partial charge in [-0.15, -0.1) is 0 Å². The van der Waals surface area contributed by atoms with Crippen LogP contribution in [-0.4, -0.2) is 35.5 Å². The number of carbonyl (C=O) groups excluding carboxylic acids is 1. The number of benzene rings is 1. The van der Waals surface area contributed by atoms with Gasteiger partial charge in [0, 0.05) is 32.1 Å². The molecule has 6 nitrogen and oxygen atoms in total. The molecule has 1 fully saturated rings. The zero-order valence-electron chi connectivity index (χ0n) is 17.9. The topological polar surface area (TPSA) is 70.2 Å². The van der Waals surface area contributed by atoms with Crippen LogP contribution in [0.1, 0.15) is 57.6 Å². The fraction of sp³-hybridized carbons (Fsp3) is 0.522. The fourth-order valence-electron chi connectivity index (χ4n) is 3.86. The van der Waals surface area contributed by atoms with Gasteiger partial charge in [0.15, 0.2) is 0 Å². The van der Waals surface area contributed by atoms with Crippen molar-refractivity contribution in [1.82, 2.24) is 15.3 Å². The lowest BCUT2D eigenvalue weighted by Gasteiger charge is -2.33. The van der Waals surface area contributed by atoms with E-state index in [1.165, 1.54) is 12.1 Å². The van der Waals surface area contributed by atoms with Gasteiger partial charge in [-0.2, -0.15) is 0 Å². The van der Waals surface area contributed by atoms with Crippen molar-refractivity contribution in [2.24, 2.45) is 5.92 Å². The van der Waals surface area contributed by atoms with Gasteiger partial charge in [-0.05, 0) is 56.2 Å². The monoisotopic (exact) mass is 413 g/mol. The molecule has 1 aliphatic heterocycles. The number of amides is 1. The zero-order valence-corrected chi connectivity index (χ0v) is 17.9. The highest BCUT2D eigenvalue weighted by Gasteiger charge is 2.22. The lowest BCUT2D eigenvalue weighted by Crippen LogP contribution is -2.36. The third-order valence-corrected chi connectivity index (χ3v) is 5.58. The van der Waals surface area contributed by atoms with Crippen molar-refractivity contribution in [3.63, 3.8) is 0 Å². The van der Waals surface area contributed by atoms with Crippen molar-refractivity contribution in [3.05, 3.63) is 48.0 Å². The van der Waals surface area contributed by atoms with Crippen LogP contribution < -0.4 is 15.5 Å². The Balaban J connectivity index is 1.47. The highest BCUT2D eigenvalue weighted by Crippen LogP contribution is 2.25. The molecule has 3 rings (SSSR count). The third-order valence-electron chi connectivity index (χ3n) is 5.58. The van der Waals surface area contributed by atoms with E-state index in [4.69, 9.17) is 0 Å². The number of hydrogen-bond acceptors (Lipinski definition) is 5. The average Bonchev–Trinajstić information content (AvgIpc) is 2.77. The van der Waals surface area contributed by atoms with Gasteiger partial charge in [0.1, 0.15) is 23.8 Å². The first-order valence-corrected chi connectivity index (χ1v) is 10.9. The van der Waals surface area contributed by atoms with Crippen molar-refractivity contribution in [2.75, 3.05) is 29.9 Å². The average molecular weight is 414 g/mol. The Morgan fingerprint density at radius 2 is 2.10 bits per heavy atom. The van der Waals surface area contributed by atoms with E-state index in [2.05, 4.69) is 32.4 Å². The van der Waals surface area contributed by atoms with Gasteiger partial charge in [-0.25, -0.2) is 14.4 Å². The summed E-state index contributed by atoms with van der Waals surface area (Å²) < 4.78 is 13.1. The summed E-state index contributed by atoms with van der Waals surface area (Å²) in [5.41, 5.74) is 0.907. The van der Waals surface area contributed by atoms with E-state index < -0.39 is 0 Å². The third kappa shape index (κ3) is 6.40. The van der Waals surface area contributed by atoms with E-state index in [1.54, 1.807) is 18.5 Å². The molecule has 0 aliphatic carbocycles. The van der Waals surface area contributed by atoms with E-state index in [9.17, 15) is 9.18 Å². The molecule has 0 saturated carbocycles. The predicted octanol–water partition coefficient (Wildman–Crippen LogP) is 4.31. The Kier molecular flexibility index (Phi) is 7.99. The molecule has 2 atom stereocenters. The van der Waals surface area contributed by atoms with Crippen LogP contribution in [0.2, 0.25) is 0 Å². The minimum atomic E-state index is -0.268. The summed E-state index contributed by atoms with van der Waals surface area (Å²) in [4.78, 5) is 23.4. The fourth-order valence-corrected chi connectivity index (χ4v) is 3.86. The number of anilines is 2. The van der Waals surface area contributed by atoms with Crippen molar-refractivity contribution in [1.29, 1.82) is 0 Å². The Labute approximate surface area is 178 Å². The second-order valence-electron chi connectivity index (χ2n) is 8.02. The molecular formula is C23H32FN5O. The van der Waals surface area contributed by atoms with Crippen LogP contribution in [0, 0.1) is 11.7 Å². The van der Waals surface area contributed by atoms with E-state index in [0.717, 1.165) is 62.5 Å². The van der Waals surface area contributed by atoms with Crippen molar-refractivity contribution < 1.29 is 9.18 Å². The molecule has 162 valence electrons. The van der Waals surface area contributed by atoms with Crippen LogP contribution in [0.4, 0.5) is 16.0 Å². The number of rotatable bonds is 9. The largest absolute Gasteiger partial charge is 0.370 e. The minimum Gasteiger partial charge on any atom is -0.370 e. The predicted molar refractivity (Wildman–Crippen MR) is 118 cm³/mol. The summed E-state index contributed by atoms with van der Waals surface area (Å²) in [6.07, 6.45) is 6.24. The van der Waals surface area contributed by atoms with Crippen molar-refractivity contribution >= 4 is 17.5 Å². The number of nitrogens with zero attached hydrogens (tertiary/aromatic N) is 3. The molecule has 1 aromatic heterocycles. The SMILES string of the molecule is CCCNc1cc(N2CCC[C@H](CCC(=O)N[C@@H](C)c3ccc(F)cc3)C2)ncn1. The van der Waals surface area contributed by atoms with Crippen LogP contribution in [0.25, 0.3) is 0 Å². The molecular weight excluding hydrogens is 381 g/mol. The van der Waals surface area contributed by atoms with E-state index in [1.807, 2.05) is 13.0 Å². The molecule has 0 radical (unpaired) electrons. The van der Waals surface area contributed by atoms with Crippen molar-refractivity contribution in [2.45, 2.75) is 52.0 Å². The van der Waals surface area contributed by atoms with Gasteiger partial charge < -0.3 is 15.5 Å². The molecule has 2 N–H and O–H groups in total. The first-order valence-electron chi connectivity index (χ1n) is 10.9. The summed E-state index contributed by atoms with van der Waals surface area (Å²) in [6.45, 7) is 6.83. The first-order chi connectivity index (χ1) is 14.5. The Morgan fingerprint density at radius 1 is 1.30 bits per heavy atom. The Morgan fingerprint density at radius 3 is 2.87 bits per heavy atom. The lowest BCUT2D eigenvalue weighted by atomic mass is 9.93. The summed E-state index contributed by atoms with van der Waals surface area (Å²) in [5, 5.41) is 6.33. The van der Waals surface area contributed by atoms with Crippen LogP contribution in [0.15, 0.2) is 36.7 Å². The van der Waals surface area contributed by atoms with Crippen LogP contribution in [0.5, 0.6) is 0 Å². The molecule has 0 bridgehead atoms. The van der Waals surface area contributed by atoms with Gasteiger partial charge in [-0.1, -0.05) is 19.1 Å². The minimum absolute atomic E-state index is 0.0389. The maximum absolute atomic E-state index is 13.1. The van der Waals surface area contributed by atoms with Crippen LogP contribution >= 0.6 is 0 Å². The molecule has 2 aromatic rings. The molecule has 1 saturated heterocycles.